The molecular weight excluding hydrogens is 343 g/mol. The summed E-state index contributed by atoms with van der Waals surface area (Å²) in [5.41, 5.74) is 7.84. The van der Waals surface area contributed by atoms with Crippen LogP contribution >= 0.6 is 0 Å². The molecule has 2 aromatic rings. The van der Waals surface area contributed by atoms with E-state index in [0.29, 0.717) is 5.92 Å². The van der Waals surface area contributed by atoms with Gasteiger partial charge in [0, 0.05) is 32.1 Å². The summed E-state index contributed by atoms with van der Waals surface area (Å²) in [6.45, 7) is 8.20. The first-order chi connectivity index (χ1) is 10.2. The first-order valence-corrected chi connectivity index (χ1v) is 7.37. The van der Waals surface area contributed by atoms with E-state index in [2.05, 4.69) is 80.3 Å². The van der Waals surface area contributed by atoms with E-state index >= 15 is 0 Å². The molecule has 1 aliphatic rings. The Bertz CT molecular complexity index is 736. The fourth-order valence-electron chi connectivity index (χ4n) is 2.96. The van der Waals surface area contributed by atoms with Crippen molar-refractivity contribution in [2.24, 2.45) is 0 Å². The second-order valence-electron chi connectivity index (χ2n) is 5.75. The third-order valence-electron chi connectivity index (χ3n) is 4.00. The van der Waals surface area contributed by atoms with Gasteiger partial charge in [-0.3, -0.25) is 0 Å². The monoisotopic (exact) mass is 362 g/mol. The number of benzene rings is 2. The van der Waals surface area contributed by atoms with Crippen LogP contribution in [0.1, 0.15) is 30.9 Å². The van der Waals surface area contributed by atoms with Gasteiger partial charge in [0.2, 0.25) is 0 Å². The van der Waals surface area contributed by atoms with Gasteiger partial charge in [-0.05, 0) is 36.1 Å². The molecule has 0 radical (unpaired) electrons. The van der Waals surface area contributed by atoms with Gasteiger partial charge in [0.1, 0.15) is 0 Å². The Morgan fingerprint density at radius 2 is 1.77 bits per heavy atom. The van der Waals surface area contributed by atoms with Gasteiger partial charge in [-0.1, -0.05) is 84.5 Å². The Kier molecular flexibility index (Phi) is 5.54. The first-order valence-electron chi connectivity index (χ1n) is 7.37. The molecule has 0 aliphatic heterocycles. The minimum atomic E-state index is 0. The molecule has 1 atom stereocenters. The van der Waals surface area contributed by atoms with Crippen molar-refractivity contribution in [3.63, 3.8) is 0 Å². The van der Waals surface area contributed by atoms with Crippen LogP contribution in [0.25, 0.3) is 17.2 Å². The van der Waals surface area contributed by atoms with E-state index in [1.807, 2.05) is 6.92 Å². The van der Waals surface area contributed by atoms with E-state index in [0.717, 1.165) is 5.57 Å². The molecule has 0 heterocycles. The fourth-order valence-corrected chi connectivity index (χ4v) is 2.96. The largest absolute Gasteiger partial charge is 0.0961 e. The number of hydrogen-bond acceptors (Lipinski definition) is 0. The first kappa shape index (κ1) is 16.9. The minimum Gasteiger partial charge on any atom is -0.0961 e. The van der Waals surface area contributed by atoms with Crippen LogP contribution in [-0.4, -0.2) is 0 Å². The number of allylic oxidation sites excluding steroid dienone is 4. The molecule has 0 saturated carbocycles. The molecule has 1 heteroatoms. The molecule has 0 amide bonds. The van der Waals surface area contributed by atoms with Crippen molar-refractivity contribution in [3.05, 3.63) is 89.5 Å². The minimum absolute atomic E-state index is 0. The van der Waals surface area contributed by atoms with Gasteiger partial charge in [0.25, 0.3) is 0 Å². The third kappa shape index (κ3) is 3.31. The van der Waals surface area contributed by atoms with Crippen molar-refractivity contribution in [2.75, 3.05) is 0 Å². The second kappa shape index (κ2) is 7.20. The molecule has 1 aliphatic carbocycles. The predicted octanol–water partition coefficient (Wildman–Crippen LogP) is 5.98. The van der Waals surface area contributed by atoms with Crippen molar-refractivity contribution in [1.82, 2.24) is 0 Å². The molecule has 1 unspecified atom stereocenters. The van der Waals surface area contributed by atoms with Gasteiger partial charge in [0.05, 0.1) is 0 Å². The zero-order valence-electron chi connectivity index (χ0n) is 13.1. The van der Waals surface area contributed by atoms with Crippen molar-refractivity contribution in [2.45, 2.75) is 19.8 Å². The molecule has 0 fully saturated rings. The Balaban J connectivity index is 0.00000176. The number of hydrogen-bond donors (Lipinski definition) is 0. The van der Waals surface area contributed by atoms with E-state index < -0.39 is 0 Å². The second-order valence-corrected chi connectivity index (χ2v) is 5.75. The van der Waals surface area contributed by atoms with Gasteiger partial charge < -0.3 is 0 Å². The van der Waals surface area contributed by atoms with Crippen LogP contribution < -0.4 is 0 Å². The summed E-state index contributed by atoms with van der Waals surface area (Å²) in [7, 11) is 0. The van der Waals surface area contributed by atoms with Crippen LogP contribution in [0.2, 0.25) is 0 Å². The molecule has 0 saturated heterocycles. The average Bonchev–Trinajstić information content (AvgIpc) is 2.81. The smallest absolute Gasteiger partial charge is 0.0238 e. The standard InChI is InChI=1S/C21H20.Zr/c1-15(2)12-13-18-16(3)14-21-19(10-7-11-20(18)21)17-8-5-4-6-9-17;/h4-14,18H,1H2,2-3H3;. The SMILES string of the molecule is C=C(C)C=CC1C(C)=Cc2c(-c3ccccc3)cccc21.[Zr]. The predicted molar refractivity (Wildman–Crippen MR) is 92.2 cm³/mol. The van der Waals surface area contributed by atoms with Crippen LogP contribution in [0.5, 0.6) is 0 Å². The number of fused-ring (bicyclic) bond motifs is 1. The average molecular weight is 364 g/mol. The molecule has 3 rings (SSSR count). The van der Waals surface area contributed by atoms with E-state index in [4.69, 9.17) is 0 Å². The van der Waals surface area contributed by atoms with Crippen molar-refractivity contribution in [1.29, 1.82) is 0 Å². The van der Waals surface area contributed by atoms with Crippen LogP contribution in [0.3, 0.4) is 0 Å². The van der Waals surface area contributed by atoms with E-state index in [9.17, 15) is 0 Å². The third-order valence-corrected chi connectivity index (χ3v) is 4.00. The Morgan fingerprint density at radius 3 is 2.45 bits per heavy atom. The number of rotatable bonds is 3. The van der Waals surface area contributed by atoms with Crippen LogP contribution in [0.15, 0.2) is 78.4 Å². The quantitative estimate of drug-likeness (QED) is 0.588. The molecule has 0 spiro atoms. The van der Waals surface area contributed by atoms with Gasteiger partial charge in [-0.2, -0.15) is 0 Å². The summed E-state index contributed by atoms with van der Waals surface area (Å²) in [5.74, 6) is 0.375. The Hall–Kier alpha value is -1.46. The summed E-state index contributed by atoms with van der Waals surface area (Å²) in [4.78, 5) is 0. The maximum Gasteiger partial charge on any atom is 0.0238 e. The Labute approximate surface area is 152 Å². The molecular formula is C21H20Zr. The van der Waals surface area contributed by atoms with E-state index in [1.165, 1.54) is 27.8 Å². The molecule has 0 N–H and O–H groups in total. The van der Waals surface area contributed by atoms with E-state index in [-0.39, 0.29) is 26.2 Å². The van der Waals surface area contributed by atoms with Crippen molar-refractivity contribution < 1.29 is 26.2 Å². The summed E-state index contributed by atoms with van der Waals surface area (Å²) < 4.78 is 0. The van der Waals surface area contributed by atoms with E-state index in [1.54, 1.807) is 0 Å². The zero-order chi connectivity index (χ0) is 14.8. The van der Waals surface area contributed by atoms with Gasteiger partial charge in [-0.15, -0.1) is 0 Å². The van der Waals surface area contributed by atoms with Crippen molar-refractivity contribution >= 4 is 6.08 Å². The normalized spacial score (nSPS) is 16.1. The summed E-state index contributed by atoms with van der Waals surface area (Å²) >= 11 is 0. The molecule has 0 nitrogen and oxygen atoms in total. The van der Waals surface area contributed by atoms with Gasteiger partial charge in [0.15, 0.2) is 0 Å². The van der Waals surface area contributed by atoms with Gasteiger partial charge >= 0.3 is 0 Å². The summed E-state index contributed by atoms with van der Waals surface area (Å²) in [5, 5.41) is 0. The molecule has 0 bridgehead atoms. The maximum absolute atomic E-state index is 3.96. The van der Waals surface area contributed by atoms with Crippen molar-refractivity contribution in [3.8, 4) is 11.1 Å². The molecule has 108 valence electrons. The van der Waals surface area contributed by atoms with Crippen LogP contribution in [0, 0.1) is 0 Å². The molecule has 2 aromatic carbocycles. The summed E-state index contributed by atoms with van der Waals surface area (Å²) in [6, 6.07) is 17.2. The topological polar surface area (TPSA) is 0 Å². The van der Waals surface area contributed by atoms with Crippen LogP contribution in [-0.2, 0) is 26.2 Å². The maximum atomic E-state index is 3.96. The summed E-state index contributed by atoms with van der Waals surface area (Å²) in [6.07, 6.45) is 6.70. The molecule has 22 heavy (non-hydrogen) atoms. The fraction of sp³-hybridized carbons (Fsp3) is 0.143. The zero-order valence-corrected chi connectivity index (χ0v) is 15.6. The molecule has 0 aromatic heterocycles. The van der Waals surface area contributed by atoms with Crippen LogP contribution in [0.4, 0.5) is 0 Å². The Morgan fingerprint density at radius 1 is 1.05 bits per heavy atom. The van der Waals surface area contributed by atoms with Gasteiger partial charge in [-0.25, -0.2) is 0 Å².